The second-order valence-electron chi connectivity index (χ2n) is 6.05. The molecule has 123 valence electrons. The lowest BCUT2D eigenvalue weighted by Gasteiger charge is -2.38. The van der Waals surface area contributed by atoms with Gasteiger partial charge in [-0.2, -0.15) is 0 Å². The van der Waals surface area contributed by atoms with Gasteiger partial charge in [0.2, 0.25) is 0 Å². The van der Waals surface area contributed by atoms with Crippen molar-refractivity contribution in [3.63, 3.8) is 0 Å². The van der Waals surface area contributed by atoms with E-state index in [1.165, 1.54) is 20.8 Å². The van der Waals surface area contributed by atoms with Crippen molar-refractivity contribution in [3.05, 3.63) is 113 Å². The van der Waals surface area contributed by atoms with Crippen LogP contribution in [-0.2, 0) is 6.16 Å². The predicted molar refractivity (Wildman–Crippen MR) is 113 cm³/mol. The van der Waals surface area contributed by atoms with E-state index in [1.54, 1.807) is 0 Å². The Bertz CT molecular complexity index is 804. The maximum absolute atomic E-state index is 2.31. The topological polar surface area (TPSA) is 0 Å². The molecule has 0 saturated heterocycles. The van der Waals surface area contributed by atoms with Gasteiger partial charge < -0.3 is 0 Å². The molecule has 1 aromatic heterocycles. The van der Waals surface area contributed by atoms with Crippen molar-refractivity contribution >= 4 is 34.5 Å². The minimum Gasteiger partial charge on any atom is -0.149 e. The fraction of sp³-hybridized carbons (Fsp3) is 0.0435. The van der Waals surface area contributed by atoms with Crippen LogP contribution < -0.4 is 15.9 Å². The minimum atomic E-state index is -1.73. The Balaban J connectivity index is 2.01. The number of hydrogen-bond acceptors (Lipinski definition) is 1. The molecule has 3 aromatic carbocycles. The summed E-state index contributed by atoms with van der Waals surface area (Å²) in [6.45, 7) is 0. The fourth-order valence-corrected chi connectivity index (χ4v) is 8.83. The number of hydrogen-bond donors (Lipinski definition) is 0. The van der Waals surface area contributed by atoms with Gasteiger partial charge in [-0.1, -0.05) is 97.1 Å². The molecule has 0 bridgehead atoms. The van der Waals surface area contributed by atoms with Crippen LogP contribution in [0.25, 0.3) is 0 Å². The summed E-state index contributed by atoms with van der Waals surface area (Å²) < 4.78 is 0. The van der Waals surface area contributed by atoms with Gasteiger partial charge in [-0.25, -0.2) is 0 Å². The highest BCUT2D eigenvalue weighted by molar-refractivity contribution is 7.95. The van der Waals surface area contributed by atoms with Gasteiger partial charge in [-0.05, 0) is 34.6 Å². The summed E-state index contributed by atoms with van der Waals surface area (Å²) in [7, 11) is -1.73. The van der Waals surface area contributed by atoms with E-state index in [4.69, 9.17) is 0 Å². The lowest BCUT2D eigenvalue weighted by molar-refractivity contribution is 1.50. The Hall–Kier alpha value is -2.21. The van der Waals surface area contributed by atoms with E-state index in [2.05, 4.69) is 109 Å². The highest BCUT2D eigenvalue weighted by Gasteiger charge is 2.34. The van der Waals surface area contributed by atoms with Gasteiger partial charge in [0, 0.05) is 11.0 Å². The molecule has 2 heteroatoms. The van der Waals surface area contributed by atoms with Crippen molar-refractivity contribution in [3.8, 4) is 0 Å². The predicted octanol–water partition coefficient (Wildman–Crippen LogP) is 5.24. The Labute approximate surface area is 154 Å². The second-order valence-corrected chi connectivity index (χ2v) is 10.6. The van der Waals surface area contributed by atoms with E-state index < -0.39 is 7.26 Å². The summed E-state index contributed by atoms with van der Waals surface area (Å²) >= 11 is 1.86. The van der Waals surface area contributed by atoms with E-state index in [1.807, 2.05) is 11.3 Å². The van der Waals surface area contributed by atoms with Crippen molar-refractivity contribution in [2.75, 3.05) is 0 Å². The molecule has 25 heavy (non-hydrogen) atoms. The molecular weight excluding hydrogens is 339 g/mol. The molecule has 0 saturated carbocycles. The van der Waals surface area contributed by atoms with Gasteiger partial charge in [0.15, 0.2) is 0 Å². The van der Waals surface area contributed by atoms with Gasteiger partial charge in [0.1, 0.15) is 0 Å². The maximum atomic E-state index is 2.31. The lowest BCUT2D eigenvalue weighted by Crippen LogP contribution is -2.32. The molecule has 0 aliphatic rings. The Morgan fingerprint density at radius 3 is 1.32 bits per heavy atom. The smallest absolute Gasteiger partial charge is 0.0101 e. The van der Waals surface area contributed by atoms with Crippen LogP contribution in [0.5, 0.6) is 0 Å². The quantitative estimate of drug-likeness (QED) is 0.427. The van der Waals surface area contributed by atoms with Crippen molar-refractivity contribution in [2.24, 2.45) is 0 Å². The molecule has 1 radical (unpaired) electrons. The molecule has 0 atom stereocenters. The third kappa shape index (κ3) is 3.18. The second kappa shape index (κ2) is 7.35. The third-order valence-corrected chi connectivity index (χ3v) is 10.0. The summed E-state index contributed by atoms with van der Waals surface area (Å²) in [6, 6.07) is 37.6. The summed E-state index contributed by atoms with van der Waals surface area (Å²) in [5.74, 6) is 0. The average molecular weight is 359 g/mol. The molecule has 0 fully saturated rings. The highest BCUT2D eigenvalue weighted by atomic mass is 32.1. The molecule has 0 nitrogen and oxygen atoms in total. The Kier molecular flexibility index (Phi) is 4.78. The van der Waals surface area contributed by atoms with E-state index in [0.29, 0.717) is 0 Å². The first-order valence-electron chi connectivity index (χ1n) is 8.47. The van der Waals surface area contributed by atoms with Gasteiger partial charge in [-0.15, -0.1) is 11.3 Å². The zero-order valence-electron chi connectivity index (χ0n) is 14.0. The van der Waals surface area contributed by atoms with E-state index in [9.17, 15) is 0 Å². The Morgan fingerprint density at radius 2 is 0.960 bits per heavy atom. The largest absolute Gasteiger partial charge is 0.149 e. The van der Waals surface area contributed by atoms with Crippen LogP contribution in [-0.4, -0.2) is 0 Å². The molecule has 0 unspecified atom stereocenters. The summed E-state index contributed by atoms with van der Waals surface area (Å²) in [5, 5.41) is 6.52. The van der Waals surface area contributed by atoms with Crippen LogP contribution in [0.2, 0.25) is 0 Å². The van der Waals surface area contributed by atoms with Gasteiger partial charge in [0.25, 0.3) is 0 Å². The van der Waals surface area contributed by atoms with Gasteiger partial charge >= 0.3 is 0 Å². The van der Waals surface area contributed by atoms with E-state index in [-0.39, 0.29) is 0 Å². The fourth-order valence-electron chi connectivity index (χ4n) is 3.40. The van der Waals surface area contributed by atoms with Gasteiger partial charge in [0.05, 0.1) is 0 Å². The standard InChI is InChI=1S/C23H20PS/c1-4-11-20(12-5-1)24(19-23-17-10-18-25-23,21-13-6-2-7-14-21)22-15-8-3-9-16-22/h1-18H,19H2. The SMILES string of the molecule is c1ccc([P](Cc2cccs2)(c2ccccc2)c2ccccc2)cc1. The molecule has 4 rings (SSSR count). The highest BCUT2D eigenvalue weighted by Crippen LogP contribution is 2.58. The van der Waals surface area contributed by atoms with Gasteiger partial charge in [-0.3, -0.25) is 0 Å². The molecule has 0 amide bonds. The monoisotopic (exact) mass is 359 g/mol. The van der Waals surface area contributed by atoms with Crippen molar-refractivity contribution < 1.29 is 0 Å². The first-order chi connectivity index (χ1) is 12.4. The van der Waals surface area contributed by atoms with E-state index >= 15 is 0 Å². The first kappa shape index (κ1) is 16.3. The van der Waals surface area contributed by atoms with Crippen molar-refractivity contribution in [1.29, 1.82) is 0 Å². The van der Waals surface area contributed by atoms with Crippen molar-refractivity contribution in [2.45, 2.75) is 6.16 Å². The third-order valence-electron chi connectivity index (χ3n) is 4.56. The molecule has 1 heterocycles. The molecule has 0 aliphatic carbocycles. The van der Waals surface area contributed by atoms with Crippen LogP contribution in [0.4, 0.5) is 0 Å². The zero-order chi connectivity index (χ0) is 17.0. The average Bonchev–Trinajstić information content (AvgIpc) is 3.21. The summed E-state index contributed by atoms with van der Waals surface area (Å²) in [5.41, 5.74) is 0. The van der Waals surface area contributed by atoms with Crippen LogP contribution in [0, 0.1) is 0 Å². The van der Waals surface area contributed by atoms with E-state index in [0.717, 1.165) is 6.16 Å². The number of benzene rings is 3. The van der Waals surface area contributed by atoms with Crippen LogP contribution >= 0.6 is 18.6 Å². The van der Waals surface area contributed by atoms with Crippen molar-refractivity contribution in [1.82, 2.24) is 0 Å². The number of thiophene rings is 1. The van der Waals surface area contributed by atoms with Crippen LogP contribution in [0.15, 0.2) is 109 Å². The first-order valence-corrected chi connectivity index (χ1v) is 11.3. The molecule has 0 spiro atoms. The van der Waals surface area contributed by atoms with Crippen LogP contribution in [0.1, 0.15) is 4.88 Å². The summed E-state index contributed by atoms with van der Waals surface area (Å²) in [6.07, 6.45) is 1.07. The zero-order valence-corrected chi connectivity index (χ0v) is 15.7. The molecule has 0 aliphatic heterocycles. The molecule has 0 N–H and O–H groups in total. The lowest BCUT2D eigenvalue weighted by atomic mass is 10.4. The normalized spacial score (nSPS) is 11.4. The number of rotatable bonds is 5. The van der Waals surface area contributed by atoms with Crippen LogP contribution in [0.3, 0.4) is 0 Å². The maximum Gasteiger partial charge on any atom is 0.0101 e. The molecular formula is C23H20PS. The summed E-state index contributed by atoms with van der Waals surface area (Å²) in [4.78, 5) is 1.45. The molecule has 4 aromatic rings. The minimum absolute atomic E-state index is 1.07. The Morgan fingerprint density at radius 1 is 0.520 bits per heavy atom.